The van der Waals surface area contributed by atoms with Gasteiger partial charge in [-0.3, -0.25) is 4.79 Å². The third-order valence-corrected chi connectivity index (χ3v) is 5.87. The zero-order valence-electron chi connectivity index (χ0n) is 18.8. The van der Waals surface area contributed by atoms with Crippen LogP contribution in [0.25, 0.3) is 0 Å². The first kappa shape index (κ1) is 28.2. The number of ether oxygens (including phenoxy) is 2. The Morgan fingerprint density at radius 3 is 2.31 bits per heavy atom. The van der Waals surface area contributed by atoms with Gasteiger partial charge in [0.05, 0.1) is 23.4 Å². The number of halogens is 4. The number of alkyl halides is 3. The minimum atomic E-state index is -4.58. The molecule has 0 saturated carbocycles. The van der Waals surface area contributed by atoms with Gasteiger partial charge in [-0.15, -0.1) is 0 Å². The van der Waals surface area contributed by atoms with E-state index in [0.717, 1.165) is 24.3 Å². The highest BCUT2D eigenvalue weighted by molar-refractivity contribution is 7.89. The largest absolute Gasteiger partial charge is 0.495 e. The average Bonchev–Trinajstić information content (AvgIpc) is 2.75. The summed E-state index contributed by atoms with van der Waals surface area (Å²) >= 11 is 5.93. The highest BCUT2D eigenvalue weighted by Gasteiger charge is 2.32. The molecular formula is C21H23ClF3N3O6S. The number of hydrogen-bond donors (Lipinski definition) is 3. The number of primary sulfonamides is 1. The fraction of sp³-hybridized carbons (Fsp3) is 0.333. The van der Waals surface area contributed by atoms with Crippen molar-refractivity contribution in [3.63, 3.8) is 0 Å². The van der Waals surface area contributed by atoms with Gasteiger partial charge in [-0.1, -0.05) is 25.4 Å². The van der Waals surface area contributed by atoms with E-state index in [0.29, 0.717) is 0 Å². The van der Waals surface area contributed by atoms with Crippen LogP contribution in [0.5, 0.6) is 5.75 Å². The summed E-state index contributed by atoms with van der Waals surface area (Å²) in [6.45, 7) is 2.59. The summed E-state index contributed by atoms with van der Waals surface area (Å²) in [7, 11) is -2.89. The molecule has 2 aromatic carbocycles. The highest BCUT2D eigenvalue weighted by atomic mass is 35.5. The molecule has 4 N–H and O–H groups in total. The van der Waals surface area contributed by atoms with Crippen molar-refractivity contribution in [1.82, 2.24) is 0 Å². The number of nitrogens with two attached hydrogens (primary N) is 1. The summed E-state index contributed by atoms with van der Waals surface area (Å²) in [5.74, 6) is -2.04. The molecule has 0 spiro atoms. The van der Waals surface area contributed by atoms with E-state index < -0.39 is 46.3 Å². The van der Waals surface area contributed by atoms with Crippen LogP contribution >= 0.6 is 11.6 Å². The number of nitrogens with one attached hydrogen (secondary N) is 2. The number of sulfonamides is 1. The van der Waals surface area contributed by atoms with Crippen LogP contribution in [0.2, 0.25) is 5.02 Å². The molecule has 0 bridgehead atoms. The lowest BCUT2D eigenvalue weighted by molar-refractivity contribution is -0.149. The Hall–Kier alpha value is -3.03. The van der Waals surface area contributed by atoms with Crippen LogP contribution in [0.15, 0.2) is 41.3 Å². The predicted molar refractivity (Wildman–Crippen MR) is 123 cm³/mol. The van der Waals surface area contributed by atoms with Gasteiger partial charge in [0.15, 0.2) is 6.61 Å². The molecule has 2 aromatic rings. The van der Waals surface area contributed by atoms with Crippen LogP contribution in [0.1, 0.15) is 19.4 Å². The lowest BCUT2D eigenvalue weighted by Gasteiger charge is -2.23. The Labute approximate surface area is 204 Å². The third kappa shape index (κ3) is 7.73. The number of rotatable bonds is 9. The summed E-state index contributed by atoms with van der Waals surface area (Å²) < 4.78 is 71.8. The van der Waals surface area contributed by atoms with Gasteiger partial charge in [0.1, 0.15) is 16.7 Å². The van der Waals surface area contributed by atoms with E-state index in [2.05, 4.69) is 10.6 Å². The van der Waals surface area contributed by atoms with Crippen LogP contribution in [0.3, 0.4) is 0 Å². The van der Waals surface area contributed by atoms with Crippen molar-refractivity contribution in [3.8, 4) is 5.75 Å². The molecule has 0 fully saturated rings. The number of amides is 1. The zero-order valence-corrected chi connectivity index (χ0v) is 20.3. The van der Waals surface area contributed by atoms with Gasteiger partial charge in [-0.05, 0) is 42.3 Å². The number of carbonyl (C=O) groups excluding carboxylic acids is 2. The van der Waals surface area contributed by atoms with E-state index in [-0.39, 0.29) is 33.0 Å². The maximum Gasteiger partial charge on any atom is 0.416 e. The van der Waals surface area contributed by atoms with Crippen LogP contribution < -0.4 is 20.5 Å². The Morgan fingerprint density at radius 1 is 1.14 bits per heavy atom. The van der Waals surface area contributed by atoms with Crippen molar-refractivity contribution in [2.75, 3.05) is 24.4 Å². The number of carbonyl (C=O) groups is 2. The van der Waals surface area contributed by atoms with Gasteiger partial charge in [0.25, 0.3) is 5.91 Å². The normalized spacial score (nSPS) is 12.7. The van der Waals surface area contributed by atoms with Crippen molar-refractivity contribution in [2.24, 2.45) is 11.1 Å². The molecule has 0 saturated heterocycles. The van der Waals surface area contributed by atoms with Gasteiger partial charge in [-0.2, -0.15) is 13.2 Å². The topological polar surface area (TPSA) is 137 Å². The molecule has 1 amide bonds. The molecule has 0 unspecified atom stereocenters. The summed E-state index contributed by atoms with van der Waals surface area (Å²) in [5, 5.41) is 9.99. The molecule has 0 aromatic heterocycles. The quantitative estimate of drug-likeness (QED) is 0.415. The van der Waals surface area contributed by atoms with Crippen molar-refractivity contribution in [2.45, 2.75) is 31.0 Å². The van der Waals surface area contributed by atoms with Crippen molar-refractivity contribution >= 4 is 44.9 Å². The fourth-order valence-corrected chi connectivity index (χ4v) is 3.83. The van der Waals surface area contributed by atoms with E-state index >= 15 is 0 Å². The van der Waals surface area contributed by atoms with Crippen LogP contribution in [0, 0.1) is 5.92 Å². The molecule has 0 aliphatic heterocycles. The highest BCUT2D eigenvalue weighted by Crippen LogP contribution is 2.34. The Kier molecular flexibility index (Phi) is 8.98. The molecule has 14 heteroatoms. The smallest absolute Gasteiger partial charge is 0.416 e. The second kappa shape index (κ2) is 11.1. The first-order chi connectivity index (χ1) is 16.1. The van der Waals surface area contributed by atoms with Crippen LogP contribution in [-0.4, -0.2) is 40.1 Å². The summed E-state index contributed by atoms with van der Waals surface area (Å²) in [5.41, 5.74) is -0.808. The first-order valence-corrected chi connectivity index (χ1v) is 11.9. The van der Waals surface area contributed by atoms with Gasteiger partial charge in [0.2, 0.25) is 10.0 Å². The van der Waals surface area contributed by atoms with E-state index in [1.165, 1.54) is 19.2 Å². The second-order valence-corrected chi connectivity index (χ2v) is 9.56. The minimum absolute atomic E-state index is 0.0234. The molecule has 0 radical (unpaired) electrons. The Bertz CT molecular complexity index is 1210. The SMILES string of the molecule is COc1ccc(NC(=O)COC(=O)[C@@H](Nc2ccc(C(F)(F)F)cc2Cl)C(C)C)cc1S(N)(=O)=O. The van der Waals surface area contributed by atoms with Crippen LogP contribution in [0.4, 0.5) is 24.5 Å². The molecule has 35 heavy (non-hydrogen) atoms. The first-order valence-electron chi connectivity index (χ1n) is 9.94. The molecule has 0 heterocycles. The number of esters is 1. The van der Waals surface area contributed by atoms with Crippen molar-refractivity contribution < 1.29 is 40.7 Å². The molecule has 2 rings (SSSR count). The number of methoxy groups -OCH3 is 1. The molecule has 1 atom stereocenters. The average molecular weight is 538 g/mol. The summed E-state index contributed by atoms with van der Waals surface area (Å²) in [4.78, 5) is 24.4. The summed E-state index contributed by atoms with van der Waals surface area (Å²) in [6, 6.07) is 5.32. The van der Waals surface area contributed by atoms with Crippen molar-refractivity contribution in [3.05, 3.63) is 47.0 Å². The number of anilines is 2. The molecule has 9 nitrogen and oxygen atoms in total. The lowest BCUT2D eigenvalue weighted by atomic mass is 10.0. The molecule has 192 valence electrons. The van der Waals surface area contributed by atoms with Crippen molar-refractivity contribution in [1.29, 1.82) is 0 Å². The predicted octanol–water partition coefficient (Wildman–Crippen LogP) is 3.63. The van der Waals surface area contributed by atoms with Gasteiger partial charge in [-0.25, -0.2) is 18.4 Å². The standard InChI is InChI=1S/C21H23ClF3N3O6S/c1-11(2)19(28-15-6-4-12(8-14(15)22)21(23,24)25)20(30)34-10-18(29)27-13-5-7-16(33-3)17(9-13)35(26,31)32/h4-9,11,19,28H,10H2,1-3H3,(H,27,29)(H2,26,31,32)/t19-/m0/s1. The fourth-order valence-electron chi connectivity index (χ4n) is 2.87. The van der Waals surface area contributed by atoms with Gasteiger partial charge >= 0.3 is 12.1 Å². The van der Waals surface area contributed by atoms with E-state index in [1.54, 1.807) is 13.8 Å². The molecule has 0 aliphatic carbocycles. The van der Waals surface area contributed by atoms with E-state index in [9.17, 15) is 31.2 Å². The maximum absolute atomic E-state index is 12.8. The monoisotopic (exact) mass is 537 g/mol. The Morgan fingerprint density at radius 2 is 1.80 bits per heavy atom. The van der Waals surface area contributed by atoms with Gasteiger partial charge < -0.3 is 20.1 Å². The lowest BCUT2D eigenvalue weighted by Crippen LogP contribution is -2.37. The molecule has 0 aliphatic rings. The number of benzene rings is 2. The minimum Gasteiger partial charge on any atom is -0.495 e. The second-order valence-electron chi connectivity index (χ2n) is 7.62. The third-order valence-electron chi connectivity index (χ3n) is 4.63. The van der Waals surface area contributed by atoms with E-state index in [4.69, 9.17) is 26.2 Å². The zero-order chi connectivity index (χ0) is 26.6. The summed E-state index contributed by atoms with van der Waals surface area (Å²) in [6.07, 6.45) is -4.58. The number of hydrogen-bond acceptors (Lipinski definition) is 7. The van der Waals surface area contributed by atoms with Crippen LogP contribution in [-0.2, 0) is 30.5 Å². The van der Waals surface area contributed by atoms with E-state index in [1.807, 2.05) is 0 Å². The maximum atomic E-state index is 12.8. The molecular weight excluding hydrogens is 515 g/mol. The van der Waals surface area contributed by atoms with Gasteiger partial charge in [0, 0.05) is 5.69 Å². The Balaban J connectivity index is 2.06.